The van der Waals surface area contributed by atoms with E-state index in [1.165, 1.54) is 28.5 Å². The molecule has 3 aromatic rings. The third kappa shape index (κ3) is 3.47. The number of rotatable bonds is 4. The number of amides is 2. The van der Waals surface area contributed by atoms with Crippen LogP contribution in [0.5, 0.6) is 5.75 Å². The number of benzene rings is 2. The summed E-state index contributed by atoms with van der Waals surface area (Å²) in [6.07, 6.45) is 1.54. The molecule has 0 radical (unpaired) electrons. The predicted molar refractivity (Wildman–Crippen MR) is 111 cm³/mol. The maximum atomic E-state index is 13.9. The second-order valence-electron chi connectivity index (χ2n) is 6.17. The van der Waals surface area contributed by atoms with Gasteiger partial charge in [-0.2, -0.15) is 0 Å². The maximum absolute atomic E-state index is 13.9. The quantitative estimate of drug-likeness (QED) is 0.523. The van der Waals surface area contributed by atoms with Gasteiger partial charge in [0.2, 0.25) is 0 Å². The highest BCUT2D eigenvalue weighted by atomic mass is 127. The van der Waals surface area contributed by atoms with E-state index >= 15 is 0 Å². The molecular weight excluding hydrogens is 496 g/mol. The molecule has 1 aromatic heterocycles. The Balaban J connectivity index is 1.76. The van der Waals surface area contributed by atoms with Gasteiger partial charge in [-0.05, 0) is 58.5 Å². The van der Waals surface area contributed by atoms with E-state index in [1.54, 1.807) is 11.4 Å². The molecule has 0 saturated carbocycles. The average Bonchev–Trinajstić information content (AvgIpc) is 3.27. The molecule has 1 atom stereocenters. The van der Waals surface area contributed by atoms with Crippen molar-refractivity contribution < 1.29 is 19.1 Å². The topological polar surface area (TPSA) is 82.5 Å². The van der Waals surface area contributed by atoms with Crippen LogP contribution in [-0.2, 0) is 11.3 Å². The third-order valence-electron chi connectivity index (χ3n) is 4.41. The molecule has 9 heteroatoms. The number of aromatic nitrogens is 1. The number of anilines is 1. The lowest BCUT2D eigenvalue weighted by Crippen LogP contribution is -2.37. The van der Waals surface area contributed by atoms with Crippen molar-refractivity contribution >= 4 is 50.9 Å². The van der Waals surface area contributed by atoms with Crippen LogP contribution in [0.2, 0.25) is 0 Å². The van der Waals surface area contributed by atoms with Crippen molar-refractivity contribution in [3.63, 3.8) is 0 Å². The molecular formula is C19H13FIN3O3S. The van der Waals surface area contributed by atoms with Crippen molar-refractivity contribution in [1.82, 2.24) is 9.88 Å². The van der Waals surface area contributed by atoms with E-state index in [2.05, 4.69) is 32.9 Å². The summed E-state index contributed by atoms with van der Waals surface area (Å²) in [5.41, 5.74) is 1.29. The number of phenolic OH excluding ortho intramolecular Hbond substituents is 1. The van der Waals surface area contributed by atoms with Crippen LogP contribution in [0.15, 0.2) is 48.0 Å². The van der Waals surface area contributed by atoms with Crippen LogP contribution in [0, 0.1) is 9.39 Å². The fourth-order valence-electron chi connectivity index (χ4n) is 3.16. The van der Waals surface area contributed by atoms with Crippen LogP contribution in [0.3, 0.4) is 0 Å². The molecule has 2 heterocycles. The first-order valence-corrected chi connectivity index (χ1v) is 10.2. The van der Waals surface area contributed by atoms with Crippen molar-refractivity contribution in [1.29, 1.82) is 0 Å². The number of halogens is 2. The SMILES string of the molecule is O=C(Nc1nccs1)C(c1cc(F)ccc1O)N1Cc2ccc(I)cc2C1=O. The molecule has 28 heavy (non-hydrogen) atoms. The summed E-state index contributed by atoms with van der Waals surface area (Å²) in [4.78, 5) is 31.4. The second kappa shape index (κ2) is 7.47. The first-order valence-electron chi connectivity index (χ1n) is 8.22. The largest absolute Gasteiger partial charge is 0.508 e. The Hall–Kier alpha value is -2.53. The molecule has 1 unspecified atom stereocenters. The highest BCUT2D eigenvalue weighted by molar-refractivity contribution is 14.1. The molecule has 0 saturated heterocycles. The van der Waals surface area contributed by atoms with Gasteiger partial charge < -0.3 is 10.0 Å². The number of hydrogen-bond donors (Lipinski definition) is 2. The lowest BCUT2D eigenvalue weighted by molar-refractivity contribution is -0.120. The molecule has 4 rings (SSSR count). The molecule has 142 valence electrons. The van der Waals surface area contributed by atoms with Crippen LogP contribution in [0.4, 0.5) is 9.52 Å². The fraction of sp³-hybridized carbons (Fsp3) is 0.105. The van der Waals surface area contributed by atoms with E-state index in [-0.39, 0.29) is 23.8 Å². The van der Waals surface area contributed by atoms with Crippen molar-refractivity contribution in [2.24, 2.45) is 0 Å². The van der Waals surface area contributed by atoms with Gasteiger partial charge in [0, 0.05) is 32.8 Å². The Bertz CT molecular complexity index is 1070. The molecule has 0 spiro atoms. The zero-order chi connectivity index (χ0) is 19.8. The summed E-state index contributed by atoms with van der Waals surface area (Å²) in [5.74, 6) is -1.80. The molecule has 2 N–H and O–H groups in total. The fourth-order valence-corrected chi connectivity index (χ4v) is 4.18. The van der Waals surface area contributed by atoms with Crippen molar-refractivity contribution in [2.75, 3.05) is 5.32 Å². The first-order chi connectivity index (χ1) is 13.4. The molecule has 2 aromatic carbocycles. The summed E-state index contributed by atoms with van der Waals surface area (Å²) < 4.78 is 14.8. The summed E-state index contributed by atoms with van der Waals surface area (Å²) in [6.45, 7) is 0.178. The number of carbonyl (C=O) groups excluding carboxylic acids is 2. The van der Waals surface area contributed by atoms with E-state index in [4.69, 9.17) is 0 Å². The zero-order valence-corrected chi connectivity index (χ0v) is 17.2. The van der Waals surface area contributed by atoms with E-state index in [0.29, 0.717) is 10.7 Å². The van der Waals surface area contributed by atoms with Crippen molar-refractivity contribution in [3.8, 4) is 5.75 Å². The number of thiazole rings is 1. The van der Waals surface area contributed by atoms with Crippen LogP contribution in [0.1, 0.15) is 27.5 Å². The van der Waals surface area contributed by atoms with Crippen molar-refractivity contribution in [3.05, 3.63) is 74.1 Å². The Labute approximate surface area is 177 Å². The number of carbonyl (C=O) groups is 2. The van der Waals surface area contributed by atoms with Gasteiger partial charge in [0.1, 0.15) is 17.6 Å². The molecule has 0 fully saturated rings. The summed E-state index contributed by atoms with van der Waals surface area (Å²) in [7, 11) is 0. The van der Waals surface area contributed by atoms with Gasteiger partial charge in [-0.3, -0.25) is 14.9 Å². The standard InChI is InChI=1S/C19H13FIN3O3S/c20-11-2-4-15(25)14(7-11)16(17(26)23-19-22-5-6-28-19)24-9-10-1-3-12(21)8-13(10)18(24)27/h1-8,16,25H,9H2,(H,22,23,26). The lowest BCUT2D eigenvalue weighted by Gasteiger charge is -2.27. The predicted octanol–water partition coefficient (Wildman–Crippen LogP) is 3.93. The summed E-state index contributed by atoms with van der Waals surface area (Å²) >= 11 is 3.33. The van der Waals surface area contributed by atoms with Crippen LogP contribution in [-0.4, -0.2) is 26.8 Å². The maximum Gasteiger partial charge on any atom is 0.255 e. The van der Waals surface area contributed by atoms with E-state index in [9.17, 15) is 19.1 Å². The lowest BCUT2D eigenvalue weighted by atomic mass is 10.0. The molecule has 1 aliphatic heterocycles. The van der Waals surface area contributed by atoms with Crippen LogP contribution in [0.25, 0.3) is 0 Å². The highest BCUT2D eigenvalue weighted by Gasteiger charge is 2.39. The van der Waals surface area contributed by atoms with Crippen molar-refractivity contribution in [2.45, 2.75) is 12.6 Å². The van der Waals surface area contributed by atoms with Crippen LogP contribution < -0.4 is 5.32 Å². The van der Waals surface area contributed by atoms with Gasteiger partial charge in [0.25, 0.3) is 11.8 Å². The minimum atomic E-state index is -1.21. The molecule has 1 aliphatic rings. The zero-order valence-electron chi connectivity index (χ0n) is 14.2. The van der Waals surface area contributed by atoms with Gasteiger partial charge in [0.05, 0.1) is 0 Å². The Morgan fingerprint density at radius 2 is 2.14 bits per heavy atom. The monoisotopic (exact) mass is 509 g/mol. The molecule has 2 amide bonds. The number of fused-ring (bicyclic) bond motifs is 1. The summed E-state index contributed by atoms with van der Waals surface area (Å²) in [5, 5.41) is 15.0. The molecule has 0 aliphatic carbocycles. The van der Waals surface area contributed by atoms with E-state index in [0.717, 1.165) is 21.3 Å². The van der Waals surface area contributed by atoms with Gasteiger partial charge in [-0.1, -0.05) is 6.07 Å². The van der Waals surface area contributed by atoms with Crippen LogP contribution >= 0.6 is 33.9 Å². The van der Waals surface area contributed by atoms with Gasteiger partial charge in [-0.25, -0.2) is 9.37 Å². The Kier molecular flexibility index (Phi) is 5.02. The second-order valence-corrected chi connectivity index (χ2v) is 8.31. The molecule has 0 bridgehead atoms. The minimum absolute atomic E-state index is 0.0184. The number of aromatic hydroxyl groups is 1. The van der Waals surface area contributed by atoms with Gasteiger partial charge >= 0.3 is 0 Å². The van der Waals surface area contributed by atoms with E-state index in [1.807, 2.05) is 12.1 Å². The van der Waals surface area contributed by atoms with Gasteiger partial charge in [0.15, 0.2) is 5.13 Å². The first kappa shape index (κ1) is 18.8. The van der Waals surface area contributed by atoms with E-state index < -0.39 is 17.8 Å². The molecule has 6 nitrogen and oxygen atoms in total. The number of nitrogens with zero attached hydrogens (tertiary/aromatic N) is 2. The Morgan fingerprint density at radius 3 is 2.89 bits per heavy atom. The Morgan fingerprint density at radius 1 is 1.32 bits per heavy atom. The third-order valence-corrected chi connectivity index (χ3v) is 5.77. The highest BCUT2D eigenvalue weighted by Crippen LogP contribution is 2.36. The smallest absolute Gasteiger partial charge is 0.255 e. The summed E-state index contributed by atoms with van der Waals surface area (Å²) in [6, 6.07) is 7.58. The number of hydrogen-bond acceptors (Lipinski definition) is 5. The normalized spacial score (nSPS) is 14.1. The minimum Gasteiger partial charge on any atom is -0.508 e. The number of nitrogens with one attached hydrogen (secondary N) is 1. The average molecular weight is 509 g/mol. The van der Waals surface area contributed by atoms with Gasteiger partial charge in [-0.15, -0.1) is 11.3 Å². The number of phenols is 1.